The van der Waals surface area contributed by atoms with Crippen molar-refractivity contribution in [3.8, 4) is 11.5 Å². The lowest BCUT2D eigenvalue weighted by Gasteiger charge is -2.32. The second kappa shape index (κ2) is 10.5. The molecular formula is C26H34FNO3. The Hall–Kier alpha value is -2.11. The molecule has 0 bridgehead atoms. The smallest absolute Gasteiger partial charge is 0.130 e. The first kappa shape index (κ1) is 22.1. The summed E-state index contributed by atoms with van der Waals surface area (Å²) in [5.41, 5.74) is 1.78. The van der Waals surface area contributed by atoms with Gasteiger partial charge in [0.05, 0.1) is 12.7 Å². The van der Waals surface area contributed by atoms with Crippen LogP contribution in [0.25, 0.3) is 0 Å². The van der Waals surface area contributed by atoms with Crippen LogP contribution in [-0.4, -0.2) is 31.9 Å². The fraction of sp³-hybridized carbons (Fsp3) is 0.538. The number of nitrogens with one attached hydrogen (secondary N) is 1. The number of methoxy groups -OCH3 is 1. The highest BCUT2D eigenvalue weighted by molar-refractivity contribution is 5.42. The van der Waals surface area contributed by atoms with Crippen LogP contribution in [0.4, 0.5) is 4.39 Å². The van der Waals surface area contributed by atoms with Gasteiger partial charge < -0.3 is 19.5 Å². The Morgan fingerprint density at radius 1 is 1.10 bits per heavy atom. The molecule has 1 fully saturated rings. The SMILES string of the molecule is CCC(COC)NC1CCC(Oc2ccc3c(c2)CCC(c2ccccc2F)O3)CC1. The molecule has 31 heavy (non-hydrogen) atoms. The van der Waals surface area contributed by atoms with Gasteiger partial charge in [0.2, 0.25) is 0 Å². The van der Waals surface area contributed by atoms with Crippen molar-refractivity contribution in [2.45, 2.75) is 76.2 Å². The minimum atomic E-state index is -0.228. The lowest BCUT2D eigenvalue weighted by Crippen LogP contribution is -2.43. The van der Waals surface area contributed by atoms with E-state index >= 15 is 0 Å². The first-order valence-electron chi connectivity index (χ1n) is 11.6. The van der Waals surface area contributed by atoms with E-state index in [4.69, 9.17) is 14.2 Å². The minimum Gasteiger partial charge on any atom is -0.490 e. The molecule has 1 saturated carbocycles. The van der Waals surface area contributed by atoms with Gasteiger partial charge in [0.25, 0.3) is 0 Å². The molecule has 2 unspecified atom stereocenters. The normalized spacial score (nSPS) is 24.2. The van der Waals surface area contributed by atoms with Gasteiger partial charge in [0, 0.05) is 24.8 Å². The summed E-state index contributed by atoms with van der Waals surface area (Å²) in [5, 5.41) is 3.73. The van der Waals surface area contributed by atoms with Crippen molar-refractivity contribution >= 4 is 0 Å². The molecule has 1 heterocycles. The molecule has 5 heteroatoms. The summed E-state index contributed by atoms with van der Waals surface area (Å²) in [6, 6.07) is 13.9. The number of rotatable bonds is 8. The standard InChI is InChI=1S/C26H34FNO3/c1-3-19(17-29-2)28-20-9-11-21(12-10-20)30-22-13-15-25-18(16-22)8-14-26(31-25)23-6-4-5-7-24(23)27/h4-7,13,15-16,19-21,26,28H,3,8-12,14,17H2,1-2H3. The van der Waals surface area contributed by atoms with Crippen molar-refractivity contribution in [3.63, 3.8) is 0 Å². The van der Waals surface area contributed by atoms with Gasteiger partial charge in [-0.3, -0.25) is 0 Å². The van der Waals surface area contributed by atoms with Gasteiger partial charge >= 0.3 is 0 Å². The zero-order valence-electron chi connectivity index (χ0n) is 18.6. The largest absolute Gasteiger partial charge is 0.490 e. The monoisotopic (exact) mass is 427 g/mol. The van der Waals surface area contributed by atoms with E-state index in [0.29, 0.717) is 17.6 Å². The number of fused-ring (bicyclic) bond motifs is 1. The molecule has 1 aliphatic heterocycles. The Balaban J connectivity index is 1.30. The molecule has 168 valence electrons. The fourth-order valence-corrected chi connectivity index (χ4v) is 4.75. The number of aryl methyl sites for hydroxylation is 1. The number of hydrogen-bond donors (Lipinski definition) is 1. The third-order valence-electron chi connectivity index (χ3n) is 6.54. The second-order valence-corrected chi connectivity index (χ2v) is 8.75. The van der Waals surface area contributed by atoms with E-state index in [2.05, 4.69) is 18.3 Å². The maximum atomic E-state index is 14.1. The minimum absolute atomic E-state index is 0.200. The van der Waals surface area contributed by atoms with Gasteiger partial charge in [-0.25, -0.2) is 4.39 Å². The lowest BCUT2D eigenvalue weighted by atomic mass is 9.92. The molecule has 1 aliphatic carbocycles. The Bertz CT molecular complexity index is 850. The molecule has 2 atom stereocenters. The van der Waals surface area contributed by atoms with E-state index in [1.54, 1.807) is 13.2 Å². The highest BCUT2D eigenvalue weighted by Gasteiger charge is 2.26. The highest BCUT2D eigenvalue weighted by Crippen LogP contribution is 2.38. The fourth-order valence-electron chi connectivity index (χ4n) is 4.75. The van der Waals surface area contributed by atoms with E-state index in [-0.39, 0.29) is 18.0 Å². The van der Waals surface area contributed by atoms with Gasteiger partial charge in [-0.05, 0) is 74.8 Å². The van der Waals surface area contributed by atoms with Crippen LogP contribution in [0.1, 0.15) is 62.7 Å². The van der Waals surface area contributed by atoms with Crippen LogP contribution >= 0.6 is 0 Å². The van der Waals surface area contributed by atoms with Crippen molar-refractivity contribution in [3.05, 3.63) is 59.4 Å². The Morgan fingerprint density at radius 3 is 2.65 bits per heavy atom. The van der Waals surface area contributed by atoms with Gasteiger partial charge in [-0.15, -0.1) is 0 Å². The van der Waals surface area contributed by atoms with E-state index < -0.39 is 0 Å². The van der Waals surface area contributed by atoms with Crippen molar-refractivity contribution in [1.82, 2.24) is 5.32 Å². The van der Waals surface area contributed by atoms with E-state index in [9.17, 15) is 4.39 Å². The van der Waals surface area contributed by atoms with E-state index in [1.807, 2.05) is 24.3 Å². The van der Waals surface area contributed by atoms with Crippen LogP contribution in [-0.2, 0) is 11.2 Å². The van der Waals surface area contributed by atoms with E-state index in [0.717, 1.165) is 68.6 Å². The van der Waals surface area contributed by atoms with Crippen molar-refractivity contribution in [2.75, 3.05) is 13.7 Å². The van der Waals surface area contributed by atoms with Gasteiger partial charge in [-0.2, -0.15) is 0 Å². The second-order valence-electron chi connectivity index (χ2n) is 8.75. The molecule has 0 radical (unpaired) electrons. The average Bonchev–Trinajstić information content (AvgIpc) is 2.80. The van der Waals surface area contributed by atoms with Crippen LogP contribution in [0.3, 0.4) is 0 Å². The summed E-state index contributed by atoms with van der Waals surface area (Å²) >= 11 is 0. The molecule has 0 amide bonds. The molecule has 2 aliphatic rings. The molecular weight excluding hydrogens is 393 g/mol. The Labute approximate surface area is 185 Å². The molecule has 1 N–H and O–H groups in total. The number of benzene rings is 2. The molecule has 2 aromatic rings. The summed E-state index contributed by atoms with van der Waals surface area (Å²) < 4.78 is 31.8. The van der Waals surface area contributed by atoms with Gasteiger partial charge in [0.15, 0.2) is 0 Å². The first-order chi connectivity index (χ1) is 15.2. The summed E-state index contributed by atoms with van der Waals surface area (Å²) in [5.74, 6) is 1.55. The Kier molecular flexibility index (Phi) is 7.46. The quantitative estimate of drug-likeness (QED) is 0.596. The van der Waals surface area contributed by atoms with Crippen LogP contribution in [0.2, 0.25) is 0 Å². The topological polar surface area (TPSA) is 39.7 Å². The van der Waals surface area contributed by atoms with Gasteiger partial charge in [-0.1, -0.05) is 25.1 Å². The number of halogens is 1. The maximum Gasteiger partial charge on any atom is 0.130 e. The molecule has 0 spiro atoms. The summed E-state index contributed by atoms with van der Waals surface area (Å²) in [6.07, 6.45) is 7.12. The third kappa shape index (κ3) is 5.58. The van der Waals surface area contributed by atoms with Crippen LogP contribution in [0.5, 0.6) is 11.5 Å². The van der Waals surface area contributed by atoms with Crippen LogP contribution in [0.15, 0.2) is 42.5 Å². The van der Waals surface area contributed by atoms with Crippen LogP contribution < -0.4 is 14.8 Å². The molecule has 0 saturated heterocycles. The van der Waals surface area contributed by atoms with Crippen molar-refractivity contribution < 1.29 is 18.6 Å². The van der Waals surface area contributed by atoms with Crippen molar-refractivity contribution in [1.29, 1.82) is 0 Å². The summed E-state index contributed by atoms with van der Waals surface area (Å²) in [4.78, 5) is 0. The lowest BCUT2D eigenvalue weighted by molar-refractivity contribution is 0.120. The molecule has 2 aromatic carbocycles. The third-order valence-corrected chi connectivity index (χ3v) is 6.54. The predicted molar refractivity (Wildman–Crippen MR) is 120 cm³/mol. The zero-order valence-corrected chi connectivity index (χ0v) is 18.6. The average molecular weight is 428 g/mol. The predicted octanol–water partition coefficient (Wildman–Crippen LogP) is 5.60. The zero-order chi connectivity index (χ0) is 21.6. The summed E-state index contributed by atoms with van der Waals surface area (Å²) in [7, 11) is 1.76. The first-order valence-corrected chi connectivity index (χ1v) is 11.6. The van der Waals surface area contributed by atoms with Gasteiger partial charge in [0.1, 0.15) is 23.4 Å². The molecule has 0 aromatic heterocycles. The molecule has 4 rings (SSSR count). The van der Waals surface area contributed by atoms with E-state index in [1.165, 1.54) is 6.07 Å². The maximum absolute atomic E-state index is 14.1. The Morgan fingerprint density at radius 2 is 1.90 bits per heavy atom. The number of hydrogen-bond acceptors (Lipinski definition) is 4. The number of ether oxygens (including phenoxy) is 3. The highest BCUT2D eigenvalue weighted by atomic mass is 19.1. The van der Waals surface area contributed by atoms with Crippen LogP contribution in [0, 0.1) is 5.82 Å². The van der Waals surface area contributed by atoms with Crippen molar-refractivity contribution in [2.24, 2.45) is 0 Å². The molecule has 4 nitrogen and oxygen atoms in total. The summed E-state index contributed by atoms with van der Waals surface area (Å²) in [6.45, 7) is 2.96.